The van der Waals surface area contributed by atoms with Gasteiger partial charge in [-0.1, -0.05) is 0 Å². The van der Waals surface area contributed by atoms with Gasteiger partial charge in [-0.15, -0.1) is 0 Å². The van der Waals surface area contributed by atoms with Crippen molar-refractivity contribution in [2.24, 2.45) is 0 Å². The molecular formula is C15H24N2O2. The Balaban J connectivity index is 2.94. The van der Waals surface area contributed by atoms with Crippen LogP contribution in [0.15, 0.2) is 18.2 Å². The summed E-state index contributed by atoms with van der Waals surface area (Å²) in [6.45, 7) is 7.21. The van der Waals surface area contributed by atoms with Gasteiger partial charge in [-0.2, -0.15) is 0 Å². The van der Waals surface area contributed by atoms with Crippen LogP contribution in [0.2, 0.25) is 0 Å². The third-order valence-electron chi connectivity index (χ3n) is 3.28. The highest BCUT2D eigenvalue weighted by Crippen LogP contribution is 2.18. The number of carbonyl (C=O) groups excluding carboxylic acids is 1. The van der Waals surface area contributed by atoms with Gasteiger partial charge in [0.05, 0.1) is 12.6 Å². The first-order valence-electron chi connectivity index (χ1n) is 6.63. The number of nitrogens with zero attached hydrogens (tertiary/aromatic N) is 1. The zero-order valence-electron chi connectivity index (χ0n) is 12.5. The highest BCUT2D eigenvalue weighted by molar-refractivity contribution is 5.95. The minimum atomic E-state index is 0.0535. The lowest BCUT2D eigenvalue weighted by Crippen LogP contribution is -2.40. The molecule has 19 heavy (non-hydrogen) atoms. The number of benzene rings is 1. The summed E-state index contributed by atoms with van der Waals surface area (Å²) in [5.41, 5.74) is 2.84. The van der Waals surface area contributed by atoms with Crippen molar-refractivity contribution in [2.45, 2.75) is 26.8 Å². The number of anilines is 1. The summed E-state index contributed by atoms with van der Waals surface area (Å²) in [6, 6.07) is 5.81. The Kier molecular flexibility index (Phi) is 5.83. The number of methoxy groups -OCH3 is 1. The van der Waals surface area contributed by atoms with Gasteiger partial charge in [-0.3, -0.25) is 4.79 Å². The maximum Gasteiger partial charge on any atom is 0.254 e. The van der Waals surface area contributed by atoms with Crippen LogP contribution in [-0.2, 0) is 4.74 Å². The average molecular weight is 264 g/mol. The SMILES string of the molecule is CCN(C(=O)c1ccc(NC)c(C)c1)C(C)COC. The van der Waals surface area contributed by atoms with E-state index in [4.69, 9.17) is 4.74 Å². The molecule has 1 aromatic rings. The highest BCUT2D eigenvalue weighted by atomic mass is 16.5. The molecule has 0 aliphatic carbocycles. The number of hydrogen-bond acceptors (Lipinski definition) is 3. The predicted molar refractivity (Wildman–Crippen MR) is 78.8 cm³/mol. The summed E-state index contributed by atoms with van der Waals surface area (Å²) >= 11 is 0. The van der Waals surface area contributed by atoms with Crippen molar-refractivity contribution in [3.63, 3.8) is 0 Å². The van der Waals surface area contributed by atoms with E-state index < -0.39 is 0 Å². The fourth-order valence-corrected chi connectivity index (χ4v) is 2.23. The zero-order valence-corrected chi connectivity index (χ0v) is 12.5. The van der Waals surface area contributed by atoms with Gasteiger partial charge in [0.25, 0.3) is 5.91 Å². The van der Waals surface area contributed by atoms with E-state index in [0.29, 0.717) is 13.2 Å². The number of amides is 1. The Hall–Kier alpha value is -1.55. The van der Waals surface area contributed by atoms with Crippen LogP contribution in [0.1, 0.15) is 29.8 Å². The van der Waals surface area contributed by atoms with Crippen LogP contribution in [-0.4, -0.2) is 44.2 Å². The molecule has 106 valence electrons. The number of ether oxygens (including phenoxy) is 1. The summed E-state index contributed by atoms with van der Waals surface area (Å²) in [5.74, 6) is 0.0535. The van der Waals surface area contributed by atoms with Gasteiger partial charge in [0.1, 0.15) is 0 Å². The van der Waals surface area contributed by atoms with Gasteiger partial charge in [-0.05, 0) is 44.5 Å². The molecule has 0 heterocycles. The second-order valence-electron chi connectivity index (χ2n) is 4.68. The third kappa shape index (κ3) is 3.70. The normalized spacial score (nSPS) is 12.1. The van der Waals surface area contributed by atoms with E-state index in [9.17, 15) is 4.79 Å². The average Bonchev–Trinajstić information content (AvgIpc) is 2.39. The van der Waals surface area contributed by atoms with Gasteiger partial charge in [-0.25, -0.2) is 0 Å². The van der Waals surface area contributed by atoms with Crippen LogP contribution < -0.4 is 5.32 Å². The summed E-state index contributed by atoms with van der Waals surface area (Å²) in [5, 5.41) is 3.10. The lowest BCUT2D eigenvalue weighted by Gasteiger charge is -2.27. The molecule has 0 aliphatic rings. The molecule has 4 heteroatoms. The molecule has 0 radical (unpaired) electrons. The van der Waals surface area contributed by atoms with E-state index in [0.717, 1.165) is 16.8 Å². The van der Waals surface area contributed by atoms with Crippen molar-refractivity contribution in [2.75, 3.05) is 32.6 Å². The molecule has 0 fully saturated rings. The van der Waals surface area contributed by atoms with Gasteiger partial charge < -0.3 is 15.0 Å². The molecule has 0 bridgehead atoms. The van der Waals surface area contributed by atoms with E-state index in [1.165, 1.54) is 0 Å². The first kappa shape index (κ1) is 15.5. The monoisotopic (exact) mass is 264 g/mol. The number of carbonyl (C=O) groups is 1. The molecule has 0 aromatic heterocycles. The third-order valence-corrected chi connectivity index (χ3v) is 3.28. The molecule has 1 amide bonds. The maximum atomic E-state index is 12.5. The molecule has 1 aromatic carbocycles. The largest absolute Gasteiger partial charge is 0.388 e. The van der Waals surface area contributed by atoms with Gasteiger partial charge in [0.15, 0.2) is 0 Å². The number of aryl methyl sites for hydroxylation is 1. The number of nitrogens with one attached hydrogen (secondary N) is 1. The van der Waals surface area contributed by atoms with Crippen LogP contribution >= 0.6 is 0 Å². The van der Waals surface area contributed by atoms with E-state index in [2.05, 4.69) is 5.32 Å². The molecule has 0 aliphatic heterocycles. The van der Waals surface area contributed by atoms with Gasteiger partial charge >= 0.3 is 0 Å². The number of rotatable bonds is 6. The minimum Gasteiger partial charge on any atom is -0.388 e. The Labute approximate surface area is 115 Å². The molecule has 0 saturated carbocycles. The molecular weight excluding hydrogens is 240 g/mol. The van der Waals surface area contributed by atoms with Crippen molar-refractivity contribution in [3.05, 3.63) is 29.3 Å². The first-order valence-corrected chi connectivity index (χ1v) is 6.63. The van der Waals surface area contributed by atoms with E-state index in [-0.39, 0.29) is 11.9 Å². The van der Waals surface area contributed by atoms with Crippen LogP contribution in [0.3, 0.4) is 0 Å². The summed E-state index contributed by atoms with van der Waals surface area (Å²) < 4.78 is 5.13. The summed E-state index contributed by atoms with van der Waals surface area (Å²) in [7, 11) is 3.53. The second-order valence-corrected chi connectivity index (χ2v) is 4.68. The lowest BCUT2D eigenvalue weighted by atomic mass is 10.1. The summed E-state index contributed by atoms with van der Waals surface area (Å²) in [6.07, 6.45) is 0. The Morgan fingerprint density at radius 2 is 2.16 bits per heavy atom. The molecule has 1 rings (SSSR count). The van der Waals surface area contributed by atoms with Crippen molar-refractivity contribution < 1.29 is 9.53 Å². The lowest BCUT2D eigenvalue weighted by molar-refractivity contribution is 0.0579. The van der Waals surface area contributed by atoms with Crippen molar-refractivity contribution >= 4 is 11.6 Å². The van der Waals surface area contributed by atoms with Crippen molar-refractivity contribution in [1.29, 1.82) is 0 Å². The highest BCUT2D eigenvalue weighted by Gasteiger charge is 2.20. The maximum absolute atomic E-state index is 12.5. The standard InChI is InChI=1S/C15H24N2O2/c1-6-17(12(3)10-19-5)15(18)13-7-8-14(16-4)11(2)9-13/h7-9,12,16H,6,10H2,1-5H3. The Bertz CT molecular complexity index is 432. The quantitative estimate of drug-likeness (QED) is 0.858. The van der Waals surface area contributed by atoms with E-state index in [1.54, 1.807) is 7.11 Å². The van der Waals surface area contributed by atoms with Crippen molar-refractivity contribution in [1.82, 2.24) is 4.90 Å². The molecule has 0 spiro atoms. The first-order chi connectivity index (χ1) is 9.04. The van der Waals surface area contributed by atoms with E-state index >= 15 is 0 Å². The fraction of sp³-hybridized carbons (Fsp3) is 0.533. The number of likely N-dealkylation sites (N-methyl/N-ethyl adjacent to an activating group) is 1. The predicted octanol–water partition coefficient (Wildman–Crippen LogP) is 2.53. The van der Waals surface area contributed by atoms with Crippen LogP contribution in [0.5, 0.6) is 0 Å². The molecule has 1 unspecified atom stereocenters. The summed E-state index contributed by atoms with van der Waals surface area (Å²) in [4.78, 5) is 14.3. The van der Waals surface area contributed by atoms with Crippen LogP contribution in [0.25, 0.3) is 0 Å². The smallest absolute Gasteiger partial charge is 0.254 e. The fourth-order valence-electron chi connectivity index (χ4n) is 2.23. The number of hydrogen-bond donors (Lipinski definition) is 1. The van der Waals surface area contributed by atoms with Gasteiger partial charge in [0.2, 0.25) is 0 Å². The molecule has 4 nitrogen and oxygen atoms in total. The molecule has 0 saturated heterocycles. The van der Waals surface area contributed by atoms with Crippen LogP contribution in [0.4, 0.5) is 5.69 Å². The van der Waals surface area contributed by atoms with Gasteiger partial charge in [0, 0.05) is 32.0 Å². The topological polar surface area (TPSA) is 41.6 Å². The Morgan fingerprint density at radius 3 is 2.63 bits per heavy atom. The second kappa shape index (κ2) is 7.14. The molecule has 1 atom stereocenters. The molecule has 1 N–H and O–H groups in total. The van der Waals surface area contributed by atoms with Crippen molar-refractivity contribution in [3.8, 4) is 0 Å². The van der Waals surface area contributed by atoms with E-state index in [1.807, 2.05) is 50.9 Å². The Morgan fingerprint density at radius 1 is 1.47 bits per heavy atom. The minimum absolute atomic E-state index is 0.0535. The van der Waals surface area contributed by atoms with Crippen LogP contribution in [0, 0.1) is 6.92 Å². The zero-order chi connectivity index (χ0) is 14.4.